The van der Waals surface area contributed by atoms with Gasteiger partial charge in [0.25, 0.3) is 0 Å². The van der Waals surface area contributed by atoms with E-state index in [0.717, 1.165) is 24.8 Å². The Balaban J connectivity index is 2.00. The average Bonchev–Trinajstić information content (AvgIpc) is 2.66. The summed E-state index contributed by atoms with van der Waals surface area (Å²) < 4.78 is 10.6. The maximum absolute atomic E-state index is 12.5. The molecule has 2 rings (SSSR count). The van der Waals surface area contributed by atoms with Crippen LogP contribution in [0.2, 0.25) is 0 Å². The number of carbonyl (C=O) groups is 2. The zero-order valence-electron chi connectivity index (χ0n) is 15.8. The molecule has 1 unspecified atom stereocenters. The maximum Gasteiger partial charge on any atom is 0.246 e. The smallest absolute Gasteiger partial charge is 0.246 e. The second kappa shape index (κ2) is 9.85. The van der Waals surface area contributed by atoms with E-state index in [1.165, 1.54) is 0 Å². The summed E-state index contributed by atoms with van der Waals surface area (Å²) in [5.41, 5.74) is 0.782. The lowest BCUT2D eigenvalue weighted by molar-refractivity contribution is -0.129. The van der Waals surface area contributed by atoms with E-state index in [1.807, 2.05) is 25.1 Å². The zero-order valence-corrected chi connectivity index (χ0v) is 15.8. The molecule has 0 spiro atoms. The van der Waals surface area contributed by atoms with Gasteiger partial charge in [-0.3, -0.25) is 9.59 Å². The fraction of sp³-hybridized carbons (Fsp3) is 0.500. The van der Waals surface area contributed by atoms with Crippen molar-refractivity contribution in [2.24, 2.45) is 0 Å². The number of hydrogen-bond acceptors (Lipinski definition) is 4. The predicted octanol–water partition coefficient (Wildman–Crippen LogP) is 2.62. The van der Waals surface area contributed by atoms with Crippen LogP contribution < -0.4 is 14.8 Å². The number of amides is 2. The molecule has 0 radical (unpaired) electrons. The number of benzene rings is 1. The largest absolute Gasteiger partial charge is 0.497 e. The number of rotatable bonds is 7. The standard InChI is InChI=1S/C20H28N2O4/c1-4-6-19(23)21-16-7-5-12-22(14-16)20(24)11-8-15-13-17(25-2)9-10-18(15)26-3/h8-11,13,16H,4-7,12,14H2,1-3H3,(H,21,23)/b11-8+. The summed E-state index contributed by atoms with van der Waals surface area (Å²) in [5, 5.41) is 3.02. The predicted molar refractivity (Wildman–Crippen MR) is 101 cm³/mol. The van der Waals surface area contributed by atoms with Crippen molar-refractivity contribution < 1.29 is 19.1 Å². The molecule has 1 saturated heterocycles. The van der Waals surface area contributed by atoms with Gasteiger partial charge in [-0.05, 0) is 43.5 Å². The Bertz CT molecular complexity index is 657. The summed E-state index contributed by atoms with van der Waals surface area (Å²) >= 11 is 0. The fourth-order valence-corrected chi connectivity index (χ4v) is 3.06. The van der Waals surface area contributed by atoms with Gasteiger partial charge in [0.15, 0.2) is 0 Å². The van der Waals surface area contributed by atoms with E-state index in [0.29, 0.717) is 31.0 Å². The molecule has 1 aliphatic heterocycles. The number of likely N-dealkylation sites (tertiary alicyclic amines) is 1. The van der Waals surface area contributed by atoms with E-state index in [4.69, 9.17) is 9.47 Å². The number of nitrogens with zero attached hydrogens (tertiary/aromatic N) is 1. The first kappa shape index (κ1) is 19.8. The van der Waals surface area contributed by atoms with Crippen LogP contribution in [0.4, 0.5) is 0 Å². The first-order chi connectivity index (χ1) is 12.6. The van der Waals surface area contributed by atoms with Crippen molar-refractivity contribution in [1.29, 1.82) is 0 Å². The lowest BCUT2D eigenvalue weighted by atomic mass is 10.0. The van der Waals surface area contributed by atoms with Gasteiger partial charge in [-0.25, -0.2) is 0 Å². The number of nitrogens with one attached hydrogen (secondary N) is 1. The van der Waals surface area contributed by atoms with Crippen LogP contribution in [0.1, 0.15) is 38.2 Å². The highest BCUT2D eigenvalue weighted by atomic mass is 16.5. The molecule has 1 heterocycles. The van der Waals surface area contributed by atoms with Crippen molar-refractivity contribution in [2.45, 2.75) is 38.6 Å². The molecule has 26 heavy (non-hydrogen) atoms. The van der Waals surface area contributed by atoms with Crippen molar-refractivity contribution >= 4 is 17.9 Å². The lowest BCUT2D eigenvalue weighted by Crippen LogP contribution is -2.49. The number of carbonyl (C=O) groups excluding carboxylic acids is 2. The monoisotopic (exact) mass is 360 g/mol. The molecule has 2 amide bonds. The molecule has 0 aliphatic carbocycles. The Labute approximate surface area is 155 Å². The molecule has 1 atom stereocenters. The van der Waals surface area contributed by atoms with E-state index < -0.39 is 0 Å². The molecular formula is C20H28N2O4. The van der Waals surface area contributed by atoms with Crippen LogP contribution in [-0.4, -0.2) is 50.1 Å². The third-order valence-corrected chi connectivity index (χ3v) is 4.42. The molecule has 1 aliphatic rings. The topological polar surface area (TPSA) is 67.9 Å². The van der Waals surface area contributed by atoms with E-state index in [-0.39, 0.29) is 17.9 Å². The van der Waals surface area contributed by atoms with Crippen molar-refractivity contribution in [3.8, 4) is 11.5 Å². The Morgan fingerprint density at radius 2 is 2.12 bits per heavy atom. The van der Waals surface area contributed by atoms with Gasteiger partial charge >= 0.3 is 0 Å². The zero-order chi connectivity index (χ0) is 18.9. The van der Waals surface area contributed by atoms with Crippen molar-refractivity contribution in [3.05, 3.63) is 29.8 Å². The highest BCUT2D eigenvalue weighted by Crippen LogP contribution is 2.25. The second-order valence-corrected chi connectivity index (χ2v) is 6.38. The van der Waals surface area contributed by atoms with Crippen LogP contribution in [0.15, 0.2) is 24.3 Å². The quantitative estimate of drug-likeness (QED) is 0.759. The molecule has 1 N–H and O–H groups in total. The van der Waals surface area contributed by atoms with Gasteiger partial charge < -0.3 is 19.7 Å². The Morgan fingerprint density at radius 1 is 1.31 bits per heavy atom. The molecule has 142 valence electrons. The Morgan fingerprint density at radius 3 is 2.81 bits per heavy atom. The minimum atomic E-state index is -0.0655. The van der Waals surface area contributed by atoms with E-state index in [1.54, 1.807) is 31.3 Å². The molecule has 0 aromatic heterocycles. The molecule has 6 heteroatoms. The molecule has 1 fully saturated rings. The second-order valence-electron chi connectivity index (χ2n) is 6.38. The van der Waals surface area contributed by atoms with Crippen LogP contribution in [0.3, 0.4) is 0 Å². The fourth-order valence-electron chi connectivity index (χ4n) is 3.06. The van der Waals surface area contributed by atoms with E-state index >= 15 is 0 Å². The summed E-state index contributed by atoms with van der Waals surface area (Å²) in [5.74, 6) is 1.38. The first-order valence-corrected chi connectivity index (χ1v) is 9.05. The van der Waals surface area contributed by atoms with Crippen LogP contribution in [0.25, 0.3) is 6.08 Å². The first-order valence-electron chi connectivity index (χ1n) is 9.05. The molecular weight excluding hydrogens is 332 g/mol. The van der Waals surface area contributed by atoms with Crippen LogP contribution >= 0.6 is 0 Å². The van der Waals surface area contributed by atoms with Crippen LogP contribution in [-0.2, 0) is 9.59 Å². The van der Waals surface area contributed by atoms with Gasteiger partial charge in [-0.2, -0.15) is 0 Å². The minimum Gasteiger partial charge on any atom is -0.497 e. The summed E-state index contributed by atoms with van der Waals surface area (Å²) in [7, 11) is 3.19. The third-order valence-electron chi connectivity index (χ3n) is 4.42. The van der Waals surface area contributed by atoms with Crippen molar-refractivity contribution in [2.75, 3.05) is 27.3 Å². The van der Waals surface area contributed by atoms with Gasteiger partial charge in [-0.1, -0.05) is 6.92 Å². The van der Waals surface area contributed by atoms with Crippen LogP contribution in [0, 0.1) is 0 Å². The van der Waals surface area contributed by atoms with Crippen molar-refractivity contribution in [1.82, 2.24) is 10.2 Å². The van der Waals surface area contributed by atoms with Gasteiger partial charge in [0.05, 0.1) is 14.2 Å². The number of methoxy groups -OCH3 is 2. The summed E-state index contributed by atoms with van der Waals surface area (Å²) in [6.45, 7) is 3.24. The highest BCUT2D eigenvalue weighted by molar-refractivity contribution is 5.92. The summed E-state index contributed by atoms with van der Waals surface area (Å²) in [6.07, 6.45) is 6.44. The maximum atomic E-state index is 12.5. The SMILES string of the molecule is CCCC(=O)NC1CCCN(C(=O)/C=C/c2cc(OC)ccc2OC)C1. The van der Waals surface area contributed by atoms with E-state index in [2.05, 4.69) is 5.32 Å². The normalized spacial score (nSPS) is 17.2. The summed E-state index contributed by atoms with van der Waals surface area (Å²) in [6, 6.07) is 5.48. The van der Waals surface area contributed by atoms with Gasteiger partial charge in [0.2, 0.25) is 11.8 Å². The molecule has 0 saturated carbocycles. The third kappa shape index (κ3) is 5.51. The number of hydrogen-bond donors (Lipinski definition) is 1. The van der Waals surface area contributed by atoms with Crippen LogP contribution in [0.5, 0.6) is 11.5 Å². The molecule has 0 bridgehead atoms. The number of ether oxygens (including phenoxy) is 2. The Hall–Kier alpha value is -2.50. The molecule has 1 aromatic carbocycles. The minimum absolute atomic E-state index is 0.0338. The highest BCUT2D eigenvalue weighted by Gasteiger charge is 2.23. The van der Waals surface area contributed by atoms with Crippen molar-refractivity contribution in [3.63, 3.8) is 0 Å². The van der Waals surface area contributed by atoms with E-state index in [9.17, 15) is 9.59 Å². The van der Waals surface area contributed by atoms with Gasteiger partial charge in [0.1, 0.15) is 11.5 Å². The van der Waals surface area contributed by atoms with Gasteiger partial charge in [-0.15, -0.1) is 0 Å². The average molecular weight is 360 g/mol. The summed E-state index contributed by atoms with van der Waals surface area (Å²) in [4.78, 5) is 26.1. The molecule has 6 nitrogen and oxygen atoms in total. The Kier molecular flexibility index (Phi) is 7.51. The number of piperidine rings is 1. The molecule has 1 aromatic rings. The van der Waals surface area contributed by atoms with Gasteiger partial charge in [0, 0.05) is 37.2 Å². The lowest BCUT2D eigenvalue weighted by Gasteiger charge is -2.32.